The summed E-state index contributed by atoms with van der Waals surface area (Å²) in [7, 11) is 0. The van der Waals surface area contributed by atoms with Gasteiger partial charge in [-0.15, -0.1) is 0 Å². The Hall–Kier alpha value is -2.98. The zero-order chi connectivity index (χ0) is 19.8. The van der Waals surface area contributed by atoms with Gasteiger partial charge in [0.1, 0.15) is 0 Å². The number of rotatable bonds is 4. The molecule has 1 saturated carbocycles. The van der Waals surface area contributed by atoms with Crippen LogP contribution >= 0.6 is 0 Å². The van der Waals surface area contributed by atoms with Gasteiger partial charge in [0, 0.05) is 30.9 Å². The zero-order valence-corrected chi connectivity index (χ0v) is 16.2. The minimum atomic E-state index is -0.253. The lowest BCUT2D eigenvalue weighted by molar-refractivity contribution is -0.129. The van der Waals surface area contributed by atoms with Crippen molar-refractivity contribution in [3.05, 3.63) is 52.8 Å². The van der Waals surface area contributed by atoms with Gasteiger partial charge in [0.2, 0.25) is 11.9 Å². The lowest BCUT2D eigenvalue weighted by Crippen LogP contribution is -2.42. The van der Waals surface area contributed by atoms with Gasteiger partial charge in [-0.2, -0.15) is 5.26 Å². The number of aromatic nitrogens is 2. The maximum absolute atomic E-state index is 12.9. The molecule has 7 heteroatoms. The van der Waals surface area contributed by atoms with Crippen molar-refractivity contribution < 1.29 is 9.53 Å². The fourth-order valence-corrected chi connectivity index (χ4v) is 4.26. The van der Waals surface area contributed by atoms with Crippen LogP contribution < -0.4 is 5.32 Å². The van der Waals surface area contributed by atoms with E-state index in [1.165, 1.54) is 12.8 Å². The van der Waals surface area contributed by atoms with E-state index in [1.54, 1.807) is 12.1 Å². The standard InChI is InChI=1S/C22H23N5O2/c23-10-16-3-1-15(2-4-16)9-19(28)27-8-7-22(13-27)14-29-12-17-11-24-21(26-20(17)22)25-18-5-6-18/h1-4,11,18H,5-9,12-14H2,(H,24,25,26). The summed E-state index contributed by atoms with van der Waals surface area (Å²) in [6.07, 6.45) is 5.40. The highest BCUT2D eigenvalue weighted by atomic mass is 16.5. The van der Waals surface area contributed by atoms with Crippen LogP contribution in [0.4, 0.5) is 5.95 Å². The number of nitrogens with zero attached hydrogens (tertiary/aromatic N) is 4. The van der Waals surface area contributed by atoms with Crippen LogP contribution in [0.25, 0.3) is 0 Å². The summed E-state index contributed by atoms with van der Waals surface area (Å²) in [6, 6.07) is 9.81. The molecule has 1 N–H and O–H groups in total. The Morgan fingerprint density at radius 2 is 2.17 bits per heavy atom. The SMILES string of the molecule is N#Cc1ccc(CC(=O)N2CCC3(COCc4cnc(NC5CC5)nc43)C2)cc1. The van der Waals surface area contributed by atoms with Crippen LogP contribution in [0.15, 0.2) is 30.5 Å². The number of anilines is 1. The van der Waals surface area contributed by atoms with Crippen molar-refractivity contribution in [2.75, 3.05) is 25.0 Å². The van der Waals surface area contributed by atoms with Gasteiger partial charge in [-0.1, -0.05) is 12.1 Å². The van der Waals surface area contributed by atoms with Gasteiger partial charge in [0.25, 0.3) is 0 Å². The summed E-state index contributed by atoms with van der Waals surface area (Å²) in [4.78, 5) is 24.1. The molecule has 2 fully saturated rings. The van der Waals surface area contributed by atoms with E-state index in [0.717, 1.165) is 23.2 Å². The van der Waals surface area contributed by atoms with Crippen molar-refractivity contribution in [3.8, 4) is 6.07 Å². The molecule has 1 aliphatic carbocycles. The minimum absolute atomic E-state index is 0.101. The second-order valence-electron chi connectivity index (χ2n) is 8.31. The van der Waals surface area contributed by atoms with E-state index in [0.29, 0.717) is 50.3 Å². The third-order valence-electron chi connectivity index (χ3n) is 6.06. The van der Waals surface area contributed by atoms with Crippen LogP contribution in [-0.2, 0) is 28.0 Å². The monoisotopic (exact) mass is 389 g/mol. The van der Waals surface area contributed by atoms with Crippen molar-refractivity contribution in [1.82, 2.24) is 14.9 Å². The number of amides is 1. The van der Waals surface area contributed by atoms with E-state index in [9.17, 15) is 4.79 Å². The van der Waals surface area contributed by atoms with Gasteiger partial charge in [0.15, 0.2) is 0 Å². The van der Waals surface area contributed by atoms with E-state index in [2.05, 4.69) is 16.4 Å². The largest absolute Gasteiger partial charge is 0.376 e. The summed E-state index contributed by atoms with van der Waals surface area (Å²) in [5.41, 5.74) is 3.34. The van der Waals surface area contributed by atoms with E-state index in [4.69, 9.17) is 15.0 Å². The average molecular weight is 389 g/mol. The number of hydrogen-bond acceptors (Lipinski definition) is 6. The Kier molecular flexibility index (Phi) is 4.44. The normalized spacial score (nSPS) is 22.9. The molecule has 5 rings (SSSR count). The van der Waals surface area contributed by atoms with E-state index in [1.807, 2.05) is 23.2 Å². The maximum atomic E-state index is 12.9. The molecule has 3 heterocycles. The molecule has 2 aliphatic heterocycles. The summed E-state index contributed by atoms with van der Waals surface area (Å²) < 4.78 is 5.87. The number of likely N-dealkylation sites (tertiary alicyclic amines) is 1. The van der Waals surface area contributed by atoms with Crippen molar-refractivity contribution in [2.45, 2.75) is 43.7 Å². The topological polar surface area (TPSA) is 91.1 Å². The molecular formula is C22H23N5O2. The quantitative estimate of drug-likeness (QED) is 0.862. The fraction of sp³-hybridized carbons (Fsp3) is 0.455. The number of carbonyl (C=O) groups excluding carboxylic acids is 1. The number of fused-ring (bicyclic) bond motifs is 2. The van der Waals surface area contributed by atoms with Crippen LogP contribution in [0, 0.1) is 11.3 Å². The Morgan fingerprint density at radius 1 is 1.34 bits per heavy atom. The van der Waals surface area contributed by atoms with Gasteiger partial charge < -0.3 is 15.0 Å². The molecule has 1 aromatic heterocycles. The van der Waals surface area contributed by atoms with Gasteiger partial charge in [0.05, 0.1) is 42.4 Å². The lowest BCUT2D eigenvalue weighted by Gasteiger charge is -2.34. The second-order valence-corrected chi connectivity index (χ2v) is 8.31. The number of benzene rings is 1. The van der Waals surface area contributed by atoms with E-state index in [-0.39, 0.29) is 11.3 Å². The molecule has 7 nitrogen and oxygen atoms in total. The summed E-state index contributed by atoms with van der Waals surface area (Å²) in [5, 5.41) is 12.3. The smallest absolute Gasteiger partial charge is 0.227 e. The summed E-state index contributed by atoms with van der Waals surface area (Å²) in [6.45, 7) is 2.43. The first-order valence-electron chi connectivity index (χ1n) is 10.1. The van der Waals surface area contributed by atoms with Gasteiger partial charge in [-0.25, -0.2) is 9.97 Å². The molecule has 1 unspecified atom stereocenters. The Balaban J connectivity index is 1.33. The van der Waals surface area contributed by atoms with Gasteiger partial charge in [-0.3, -0.25) is 4.79 Å². The van der Waals surface area contributed by atoms with Crippen molar-refractivity contribution in [3.63, 3.8) is 0 Å². The molecule has 0 radical (unpaired) electrons. The van der Waals surface area contributed by atoms with Crippen molar-refractivity contribution in [2.24, 2.45) is 0 Å². The summed E-state index contributed by atoms with van der Waals surface area (Å²) >= 11 is 0. The number of carbonyl (C=O) groups is 1. The van der Waals surface area contributed by atoms with Gasteiger partial charge in [-0.05, 0) is 37.0 Å². The second kappa shape index (κ2) is 7.12. The highest BCUT2D eigenvalue weighted by Gasteiger charge is 2.46. The first-order chi connectivity index (χ1) is 14.1. The number of nitrogens with one attached hydrogen (secondary N) is 1. The lowest BCUT2D eigenvalue weighted by atomic mass is 9.80. The first kappa shape index (κ1) is 18.1. The first-order valence-corrected chi connectivity index (χ1v) is 10.1. The van der Waals surface area contributed by atoms with Crippen LogP contribution in [0.5, 0.6) is 0 Å². The predicted octanol–water partition coefficient (Wildman–Crippen LogP) is 2.17. The molecule has 148 valence electrons. The Bertz CT molecular complexity index is 980. The Labute approximate surface area is 169 Å². The van der Waals surface area contributed by atoms with Crippen LogP contribution in [0.2, 0.25) is 0 Å². The Morgan fingerprint density at radius 3 is 2.93 bits per heavy atom. The van der Waals surface area contributed by atoms with Crippen LogP contribution in [0.3, 0.4) is 0 Å². The average Bonchev–Trinajstić information content (AvgIpc) is 3.46. The molecule has 1 saturated heterocycles. The number of nitriles is 1. The highest BCUT2D eigenvalue weighted by molar-refractivity contribution is 5.79. The third kappa shape index (κ3) is 3.56. The van der Waals surface area contributed by atoms with Gasteiger partial charge >= 0.3 is 0 Å². The molecular weight excluding hydrogens is 366 g/mol. The molecule has 1 atom stereocenters. The van der Waals surface area contributed by atoms with Crippen molar-refractivity contribution >= 4 is 11.9 Å². The van der Waals surface area contributed by atoms with E-state index < -0.39 is 0 Å². The molecule has 1 spiro atoms. The molecule has 1 aromatic carbocycles. The van der Waals surface area contributed by atoms with E-state index >= 15 is 0 Å². The molecule has 1 amide bonds. The zero-order valence-electron chi connectivity index (χ0n) is 16.2. The number of ether oxygens (including phenoxy) is 1. The highest BCUT2D eigenvalue weighted by Crippen LogP contribution is 2.39. The molecule has 3 aliphatic rings. The predicted molar refractivity (Wildman–Crippen MR) is 106 cm³/mol. The fourth-order valence-electron chi connectivity index (χ4n) is 4.26. The third-order valence-corrected chi connectivity index (χ3v) is 6.06. The summed E-state index contributed by atoms with van der Waals surface area (Å²) in [5.74, 6) is 0.791. The maximum Gasteiger partial charge on any atom is 0.227 e. The molecule has 2 aromatic rings. The van der Waals surface area contributed by atoms with Crippen molar-refractivity contribution in [1.29, 1.82) is 5.26 Å². The molecule has 0 bridgehead atoms. The molecule has 29 heavy (non-hydrogen) atoms. The van der Waals surface area contributed by atoms with Crippen LogP contribution in [-0.4, -0.2) is 46.5 Å². The minimum Gasteiger partial charge on any atom is -0.376 e. The van der Waals surface area contributed by atoms with Crippen LogP contribution in [0.1, 0.15) is 41.6 Å². The number of hydrogen-bond donors (Lipinski definition) is 1.